The van der Waals surface area contributed by atoms with Gasteiger partial charge in [0.05, 0.1) is 0 Å². The Kier molecular flexibility index (Phi) is 3.42. The maximum atomic E-state index is 5.76. The van der Waals surface area contributed by atoms with Crippen LogP contribution in [-0.2, 0) is 0 Å². The quantitative estimate of drug-likeness (QED) is 0.795. The van der Waals surface area contributed by atoms with Gasteiger partial charge < -0.3 is 5.73 Å². The lowest BCUT2D eigenvalue weighted by Crippen LogP contribution is -2.28. The summed E-state index contributed by atoms with van der Waals surface area (Å²) in [5, 5.41) is 8.29. The molecule has 3 N–H and O–H groups in total. The van der Waals surface area contributed by atoms with Crippen LogP contribution in [0.2, 0.25) is 0 Å². The Bertz CT molecular complexity index is 262. The number of nitrogens with two attached hydrogens (primary N) is 1. The molecule has 0 radical (unpaired) electrons. The Hall–Kier alpha value is -0.550. The van der Waals surface area contributed by atoms with Gasteiger partial charge in [0.1, 0.15) is 6.33 Å². The first kappa shape index (κ1) is 9.98. The van der Waals surface area contributed by atoms with E-state index in [2.05, 4.69) is 15.2 Å². The smallest absolute Gasteiger partial charge is 0.183 e. The van der Waals surface area contributed by atoms with Crippen LogP contribution in [0.5, 0.6) is 0 Å². The zero-order valence-electron chi connectivity index (χ0n) is 8.15. The van der Waals surface area contributed by atoms with Gasteiger partial charge in [0.25, 0.3) is 0 Å². The van der Waals surface area contributed by atoms with Crippen LogP contribution in [0.25, 0.3) is 0 Å². The van der Waals surface area contributed by atoms with Gasteiger partial charge in [0.15, 0.2) is 5.16 Å². The molecular formula is C9H16N4S. The molecule has 1 saturated carbocycles. The molecule has 2 rings (SSSR count). The molecule has 2 atom stereocenters. The number of rotatable bonds is 3. The predicted molar refractivity (Wildman–Crippen MR) is 57.0 cm³/mol. The van der Waals surface area contributed by atoms with Crippen LogP contribution in [0.15, 0.2) is 11.5 Å². The van der Waals surface area contributed by atoms with Gasteiger partial charge in [-0.3, -0.25) is 5.10 Å². The maximum Gasteiger partial charge on any atom is 0.183 e. The average Bonchev–Trinajstić information content (AvgIpc) is 2.71. The molecule has 4 nitrogen and oxygen atoms in total. The molecule has 1 aromatic rings. The molecule has 0 amide bonds. The summed E-state index contributed by atoms with van der Waals surface area (Å²) < 4.78 is 0. The van der Waals surface area contributed by atoms with Gasteiger partial charge in [-0.1, -0.05) is 24.6 Å². The molecule has 0 aromatic carbocycles. The fourth-order valence-electron chi connectivity index (χ4n) is 1.99. The van der Waals surface area contributed by atoms with Gasteiger partial charge in [-0.05, 0) is 25.3 Å². The topological polar surface area (TPSA) is 67.6 Å². The van der Waals surface area contributed by atoms with Gasteiger partial charge in [-0.15, -0.1) is 0 Å². The first-order valence-electron chi connectivity index (χ1n) is 5.12. The summed E-state index contributed by atoms with van der Waals surface area (Å²) in [6, 6.07) is 0. The number of hydrogen-bond donors (Lipinski definition) is 2. The number of aromatic nitrogens is 3. The summed E-state index contributed by atoms with van der Waals surface area (Å²) in [6.45, 7) is 0.797. The van der Waals surface area contributed by atoms with Crippen LogP contribution >= 0.6 is 11.8 Å². The third kappa shape index (κ3) is 2.27. The van der Waals surface area contributed by atoms with Gasteiger partial charge in [-0.25, -0.2) is 4.98 Å². The number of hydrogen-bond acceptors (Lipinski definition) is 4. The van der Waals surface area contributed by atoms with E-state index in [4.69, 9.17) is 5.73 Å². The van der Waals surface area contributed by atoms with Crippen molar-refractivity contribution in [3.05, 3.63) is 6.33 Å². The van der Waals surface area contributed by atoms with E-state index in [1.807, 2.05) is 0 Å². The lowest BCUT2D eigenvalue weighted by atomic mass is 9.89. The van der Waals surface area contributed by atoms with Crippen molar-refractivity contribution in [2.45, 2.75) is 36.1 Å². The minimum atomic E-state index is 0.627. The summed E-state index contributed by atoms with van der Waals surface area (Å²) in [5.41, 5.74) is 5.76. The highest BCUT2D eigenvalue weighted by Gasteiger charge is 2.25. The average molecular weight is 212 g/mol. The molecule has 2 unspecified atom stereocenters. The Morgan fingerprint density at radius 3 is 3.07 bits per heavy atom. The van der Waals surface area contributed by atoms with E-state index in [0.717, 1.165) is 11.7 Å². The molecule has 5 heteroatoms. The molecule has 0 aliphatic heterocycles. The lowest BCUT2D eigenvalue weighted by molar-refractivity contribution is 0.378. The first-order chi connectivity index (χ1) is 6.90. The maximum absolute atomic E-state index is 5.76. The van der Waals surface area contributed by atoms with E-state index in [-0.39, 0.29) is 0 Å². The summed E-state index contributed by atoms with van der Waals surface area (Å²) in [5.74, 6) is 0.652. The molecular weight excluding hydrogens is 196 g/mol. The minimum Gasteiger partial charge on any atom is -0.330 e. The van der Waals surface area contributed by atoms with E-state index in [1.165, 1.54) is 25.7 Å². The number of H-pyrrole nitrogens is 1. The van der Waals surface area contributed by atoms with E-state index in [1.54, 1.807) is 18.1 Å². The van der Waals surface area contributed by atoms with Crippen molar-refractivity contribution in [2.24, 2.45) is 11.7 Å². The van der Waals surface area contributed by atoms with Crippen molar-refractivity contribution in [2.75, 3.05) is 6.54 Å². The monoisotopic (exact) mass is 212 g/mol. The van der Waals surface area contributed by atoms with Crippen LogP contribution < -0.4 is 5.73 Å². The lowest BCUT2D eigenvalue weighted by Gasteiger charge is -2.29. The fraction of sp³-hybridized carbons (Fsp3) is 0.778. The molecule has 14 heavy (non-hydrogen) atoms. The van der Waals surface area contributed by atoms with Crippen LogP contribution in [-0.4, -0.2) is 27.0 Å². The van der Waals surface area contributed by atoms with Crippen LogP contribution in [0.4, 0.5) is 0 Å². The Labute approximate surface area is 88.1 Å². The standard InChI is InChI=1S/C9H16N4S/c10-5-7-3-1-2-4-8(7)14-9-11-6-12-13-9/h6-8H,1-5,10H2,(H,11,12,13). The largest absolute Gasteiger partial charge is 0.330 e. The van der Waals surface area contributed by atoms with Gasteiger partial charge >= 0.3 is 0 Å². The van der Waals surface area contributed by atoms with E-state index in [9.17, 15) is 0 Å². The van der Waals surface area contributed by atoms with E-state index < -0.39 is 0 Å². The predicted octanol–water partition coefficient (Wildman–Crippen LogP) is 1.41. The van der Waals surface area contributed by atoms with Crippen LogP contribution in [0.1, 0.15) is 25.7 Å². The molecule has 0 saturated heterocycles. The first-order valence-corrected chi connectivity index (χ1v) is 6.00. The second-order valence-corrected chi connectivity index (χ2v) is 4.96. The van der Waals surface area contributed by atoms with Crippen molar-refractivity contribution in [1.82, 2.24) is 15.2 Å². The van der Waals surface area contributed by atoms with Crippen LogP contribution in [0.3, 0.4) is 0 Å². The highest BCUT2D eigenvalue weighted by atomic mass is 32.2. The van der Waals surface area contributed by atoms with Crippen LogP contribution in [0, 0.1) is 5.92 Å². The van der Waals surface area contributed by atoms with Gasteiger partial charge in [-0.2, -0.15) is 5.10 Å². The molecule has 1 aliphatic rings. The number of nitrogens with one attached hydrogen (secondary N) is 1. The molecule has 0 bridgehead atoms. The molecule has 1 fully saturated rings. The Balaban J connectivity index is 1.94. The summed E-state index contributed by atoms with van der Waals surface area (Å²) in [4.78, 5) is 4.13. The number of aromatic amines is 1. The highest BCUT2D eigenvalue weighted by molar-refractivity contribution is 7.99. The second kappa shape index (κ2) is 4.79. The summed E-state index contributed by atoms with van der Waals surface area (Å²) >= 11 is 1.79. The molecule has 1 heterocycles. The Morgan fingerprint density at radius 2 is 2.36 bits per heavy atom. The Morgan fingerprint density at radius 1 is 1.50 bits per heavy atom. The van der Waals surface area contributed by atoms with Crippen molar-refractivity contribution in [1.29, 1.82) is 0 Å². The van der Waals surface area contributed by atoms with Crippen molar-refractivity contribution in [3.8, 4) is 0 Å². The van der Waals surface area contributed by atoms with Gasteiger partial charge in [0.2, 0.25) is 0 Å². The number of nitrogens with zero attached hydrogens (tertiary/aromatic N) is 2. The molecule has 78 valence electrons. The van der Waals surface area contributed by atoms with E-state index in [0.29, 0.717) is 11.2 Å². The molecule has 0 spiro atoms. The highest BCUT2D eigenvalue weighted by Crippen LogP contribution is 2.35. The van der Waals surface area contributed by atoms with Crippen molar-refractivity contribution < 1.29 is 0 Å². The SMILES string of the molecule is NCC1CCCCC1Sc1ncn[nH]1. The fourth-order valence-corrected chi connectivity index (χ4v) is 3.22. The third-order valence-corrected chi connectivity index (χ3v) is 4.14. The van der Waals surface area contributed by atoms with Crippen molar-refractivity contribution in [3.63, 3.8) is 0 Å². The van der Waals surface area contributed by atoms with Crippen molar-refractivity contribution >= 4 is 11.8 Å². The zero-order valence-corrected chi connectivity index (χ0v) is 8.96. The third-order valence-electron chi connectivity index (χ3n) is 2.80. The second-order valence-electron chi connectivity index (χ2n) is 3.73. The normalized spacial score (nSPS) is 27.8. The number of thioether (sulfide) groups is 1. The van der Waals surface area contributed by atoms with E-state index >= 15 is 0 Å². The minimum absolute atomic E-state index is 0.627. The van der Waals surface area contributed by atoms with Gasteiger partial charge in [0, 0.05) is 5.25 Å². The summed E-state index contributed by atoms with van der Waals surface area (Å²) in [7, 11) is 0. The summed E-state index contributed by atoms with van der Waals surface area (Å²) in [6.07, 6.45) is 6.73. The zero-order chi connectivity index (χ0) is 9.80. The molecule has 1 aliphatic carbocycles. The molecule has 1 aromatic heterocycles.